The SMILES string of the molecule is O=c1c2ccccc2c2ccccc2c(=O)n1-c1ccc(Cl)cc1. The van der Waals surface area contributed by atoms with Crippen LogP contribution < -0.4 is 11.1 Å². The summed E-state index contributed by atoms with van der Waals surface area (Å²) in [6.07, 6.45) is 0. The lowest BCUT2D eigenvalue weighted by Gasteiger charge is -2.02. The molecule has 4 rings (SSSR count). The van der Waals surface area contributed by atoms with E-state index in [9.17, 15) is 9.59 Å². The standard InChI is InChI=1S/C20H12ClNO2/c21-13-9-11-14(12-10-13)22-19(23)17-7-3-1-5-15(17)16-6-2-4-8-18(16)20(22)24/h1-12H. The van der Waals surface area contributed by atoms with Gasteiger partial charge in [0.15, 0.2) is 0 Å². The first-order valence-corrected chi connectivity index (χ1v) is 7.87. The summed E-state index contributed by atoms with van der Waals surface area (Å²) in [5.74, 6) is 0. The van der Waals surface area contributed by atoms with Gasteiger partial charge in [0.25, 0.3) is 11.1 Å². The van der Waals surface area contributed by atoms with Crippen molar-refractivity contribution in [2.45, 2.75) is 0 Å². The Morgan fingerprint density at radius 3 is 1.46 bits per heavy atom. The van der Waals surface area contributed by atoms with Crippen molar-refractivity contribution in [3.05, 3.63) is 98.5 Å². The summed E-state index contributed by atoms with van der Waals surface area (Å²) in [5, 5.41) is 3.09. The van der Waals surface area contributed by atoms with Crippen molar-refractivity contribution in [2.24, 2.45) is 0 Å². The van der Waals surface area contributed by atoms with Crippen molar-refractivity contribution in [2.75, 3.05) is 0 Å². The van der Waals surface area contributed by atoms with E-state index in [-0.39, 0.29) is 11.1 Å². The maximum absolute atomic E-state index is 13.1. The van der Waals surface area contributed by atoms with Crippen molar-refractivity contribution >= 4 is 33.1 Å². The first-order chi connectivity index (χ1) is 11.7. The third kappa shape index (κ3) is 2.22. The summed E-state index contributed by atoms with van der Waals surface area (Å²) in [7, 11) is 0. The monoisotopic (exact) mass is 333 g/mol. The second-order valence-corrected chi connectivity index (χ2v) is 5.95. The fourth-order valence-electron chi connectivity index (χ4n) is 2.97. The van der Waals surface area contributed by atoms with Gasteiger partial charge < -0.3 is 0 Å². The van der Waals surface area contributed by atoms with E-state index in [0.29, 0.717) is 21.5 Å². The maximum Gasteiger partial charge on any atom is 0.265 e. The molecular weight excluding hydrogens is 322 g/mol. The zero-order valence-electron chi connectivity index (χ0n) is 12.6. The van der Waals surface area contributed by atoms with Gasteiger partial charge in [-0.05, 0) is 47.2 Å². The molecule has 0 saturated heterocycles. The third-order valence-electron chi connectivity index (χ3n) is 4.10. The molecule has 24 heavy (non-hydrogen) atoms. The van der Waals surface area contributed by atoms with Crippen molar-refractivity contribution in [3.8, 4) is 5.69 Å². The van der Waals surface area contributed by atoms with Gasteiger partial charge in [-0.15, -0.1) is 0 Å². The molecule has 0 atom stereocenters. The Labute approximate surface area is 142 Å². The summed E-state index contributed by atoms with van der Waals surface area (Å²) in [5.41, 5.74) is -0.177. The molecule has 4 heteroatoms. The molecule has 0 fully saturated rings. The lowest BCUT2D eigenvalue weighted by atomic mass is 10.1. The molecule has 0 radical (unpaired) electrons. The molecule has 0 unspecified atom stereocenters. The van der Waals surface area contributed by atoms with Crippen LogP contribution in [-0.2, 0) is 0 Å². The molecule has 0 amide bonds. The van der Waals surface area contributed by atoms with E-state index >= 15 is 0 Å². The lowest BCUT2D eigenvalue weighted by Crippen LogP contribution is -2.28. The first kappa shape index (κ1) is 14.7. The van der Waals surface area contributed by atoms with Crippen LogP contribution in [0.1, 0.15) is 0 Å². The Hall–Kier alpha value is -2.91. The van der Waals surface area contributed by atoms with Crippen molar-refractivity contribution in [1.29, 1.82) is 0 Å². The molecule has 3 nitrogen and oxygen atoms in total. The van der Waals surface area contributed by atoms with E-state index in [1.54, 1.807) is 48.5 Å². The van der Waals surface area contributed by atoms with Crippen LogP contribution in [0, 0.1) is 0 Å². The third-order valence-corrected chi connectivity index (χ3v) is 4.35. The van der Waals surface area contributed by atoms with Crippen LogP contribution in [-0.4, -0.2) is 4.57 Å². The molecule has 0 N–H and O–H groups in total. The molecule has 0 aliphatic carbocycles. The van der Waals surface area contributed by atoms with Crippen LogP contribution in [0.25, 0.3) is 27.2 Å². The fraction of sp³-hybridized carbons (Fsp3) is 0. The summed E-state index contributed by atoms with van der Waals surface area (Å²) < 4.78 is 1.21. The number of nitrogens with zero attached hydrogens (tertiary/aromatic N) is 1. The zero-order chi connectivity index (χ0) is 16.7. The molecule has 3 aromatic carbocycles. The number of hydrogen-bond acceptors (Lipinski definition) is 2. The van der Waals surface area contributed by atoms with Crippen molar-refractivity contribution in [1.82, 2.24) is 4.57 Å². The Morgan fingerprint density at radius 1 is 0.583 bits per heavy atom. The van der Waals surface area contributed by atoms with E-state index in [1.807, 2.05) is 24.3 Å². The molecule has 0 saturated carbocycles. The Balaban J connectivity index is 2.32. The minimum atomic E-state index is -0.339. The molecule has 116 valence electrons. The van der Waals surface area contributed by atoms with Crippen LogP contribution in [0.5, 0.6) is 0 Å². The molecule has 0 aliphatic heterocycles. The van der Waals surface area contributed by atoms with Crippen LogP contribution in [0.3, 0.4) is 0 Å². The Bertz CT molecular complexity index is 1120. The average molecular weight is 334 g/mol. The number of halogens is 1. The fourth-order valence-corrected chi connectivity index (χ4v) is 3.09. The minimum absolute atomic E-state index is 0.339. The molecule has 0 spiro atoms. The van der Waals surface area contributed by atoms with Crippen LogP contribution in [0.4, 0.5) is 0 Å². The zero-order valence-corrected chi connectivity index (χ0v) is 13.3. The van der Waals surface area contributed by atoms with Gasteiger partial charge in [0.2, 0.25) is 0 Å². The van der Waals surface area contributed by atoms with Gasteiger partial charge in [0.05, 0.1) is 5.69 Å². The van der Waals surface area contributed by atoms with Gasteiger partial charge in [-0.2, -0.15) is 0 Å². The van der Waals surface area contributed by atoms with Crippen LogP contribution >= 0.6 is 11.6 Å². The normalized spacial score (nSPS) is 11.0. The van der Waals surface area contributed by atoms with Crippen molar-refractivity contribution in [3.63, 3.8) is 0 Å². The van der Waals surface area contributed by atoms with Gasteiger partial charge >= 0.3 is 0 Å². The summed E-state index contributed by atoms with van der Waals surface area (Å²) in [4.78, 5) is 26.1. The smallest absolute Gasteiger partial charge is 0.265 e. The van der Waals surface area contributed by atoms with Gasteiger partial charge in [-0.3, -0.25) is 9.59 Å². The van der Waals surface area contributed by atoms with Gasteiger partial charge in [0, 0.05) is 15.8 Å². The predicted octanol–water partition coefficient (Wildman–Crippen LogP) is 4.16. The summed E-state index contributed by atoms with van der Waals surface area (Å²) >= 11 is 5.93. The highest BCUT2D eigenvalue weighted by Crippen LogP contribution is 2.20. The predicted molar refractivity (Wildman–Crippen MR) is 98.3 cm³/mol. The lowest BCUT2D eigenvalue weighted by molar-refractivity contribution is 0.976. The molecular formula is C20H12ClNO2. The molecule has 0 bridgehead atoms. The number of hydrogen-bond donors (Lipinski definition) is 0. The van der Waals surface area contributed by atoms with E-state index in [4.69, 9.17) is 11.6 Å². The number of aromatic nitrogens is 1. The quantitative estimate of drug-likeness (QED) is 0.524. The highest BCUT2D eigenvalue weighted by molar-refractivity contribution is 6.30. The summed E-state index contributed by atoms with van der Waals surface area (Å²) in [6, 6.07) is 21.2. The molecule has 0 aliphatic rings. The molecule has 1 aromatic heterocycles. The van der Waals surface area contributed by atoms with Crippen LogP contribution in [0.15, 0.2) is 82.4 Å². The largest absolute Gasteiger partial charge is 0.268 e. The maximum atomic E-state index is 13.1. The number of benzene rings is 3. The van der Waals surface area contributed by atoms with E-state index in [2.05, 4.69) is 0 Å². The van der Waals surface area contributed by atoms with Gasteiger partial charge in [-0.1, -0.05) is 48.0 Å². The van der Waals surface area contributed by atoms with E-state index < -0.39 is 0 Å². The van der Waals surface area contributed by atoms with Gasteiger partial charge in [0.1, 0.15) is 0 Å². The van der Waals surface area contributed by atoms with Crippen molar-refractivity contribution < 1.29 is 0 Å². The topological polar surface area (TPSA) is 39.1 Å². The van der Waals surface area contributed by atoms with Crippen LogP contribution in [0.2, 0.25) is 5.02 Å². The first-order valence-electron chi connectivity index (χ1n) is 7.49. The van der Waals surface area contributed by atoms with E-state index in [0.717, 1.165) is 10.8 Å². The molecule has 1 heterocycles. The average Bonchev–Trinajstić information content (AvgIpc) is 2.71. The number of rotatable bonds is 1. The van der Waals surface area contributed by atoms with Gasteiger partial charge in [-0.25, -0.2) is 4.57 Å². The second-order valence-electron chi connectivity index (χ2n) is 5.51. The highest BCUT2D eigenvalue weighted by atomic mass is 35.5. The molecule has 4 aromatic rings. The second kappa shape index (κ2) is 5.62. The highest BCUT2D eigenvalue weighted by Gasteiger charge is 2.11. The Kier molecular flexibility index (Phi) is 3.44. The minimum Gasteiger partial charge on any atom is -0.268 e. The summed E-state index contributed by atoms with van der Waals surface area (Å²) in [6.45, 7) is 0. The number of fused-ring (bicyclic) bond motifs is 3. The Morgan fingerprint density at radius 2 is 1.00 bits per heavy atom. The van der Waals surface area contributed by atoms with E-state index in [1.165, 1.54) is 4.57 Å².